The number of nitrogens with one attached hydrogen (secondary N) is 1. The molecule has 0 atom stereocenters. The molecular formula is C13H11N5O3. The number of aryl methyl sites for hydroxylation is 2. The zero-order valence-electron chi connectivity index (χ0n) is 11.3. The number of rotatable bonds is 3. The van der Waals surface area contributed by atoms with Crippen LogP contribution in [0.1, 0.15) is 21.5 Å². The highest BCUT2D eigenvalue weighted by molar-refractivity contribution is 6.07. The Morgan fingerprint density at radius 1 is 1.52 bits per heavy atom. The van der Waals surface area contributed by atoms with E-state index in [2.05, 4.69) is 10.4 Å². The molecule has 0 radical (unpaired) electrons. The van der Waals surface area contributed by atoms with Crippen molar-refractivity contribution in [3.63, 3.8) is 0 Å². The van der Waals surface area contributed by atoms with Crippen molar-refractivity contribution in [3.05, 3.63) is 51.2 Å². The summed E-state index contributed by atoms with van der Waals surface area (Å²) in [4.78, 5) is 22.7. The summed E-state index contributed by atoms with van der Waals surface area (Å²) in [5.41, 5.74) is 0.250. The third-order valence-corrected chi connectivity index (χ3v) is 2.96. The number of amides is 1. The summed E-state index contributed by atoms with van der Waals surface area (Å²) in [6.45, 7) is 1.56. The molecule has 21 heavy (non-hydrogen) atoms. The molecular weight excluding hydrogens is 274 g/mol. The molecule has 0 saturated carbocycles. The molecule has 0 saturated heterocycles. The number of nitro groups is 1. The van der Waals surface area contributed by atoms with E-state index in [-0.39, 0.29) is 22.6 Å². The Balaban J connectivity index is 2.43. The Hall–Kier alpha value is -3.21. The highest BCUT2D eigenvalue weighted by Crippen LogP contribution is 2.24. The van der Waals surface area contributed by atoms with E-state index in [0.717, 1.165) is 0 Å². The van der Waals surface area contributed by atoms with Crippen LogP contribution in [-0.2, 0) is 7.05 Å². The molecule has 0 spiro atoms. The summed E-state index contributed by atoms with van der Waals surface area (Å²) in [5.74, 6) is -0.469. The van der Waals surface area contributed by atoms with E-state index < -0.39 is 10.8 Å². The second-order valence-electron chi connectivity index (χ2n) is 4.32. The second kappa shape index (κ2) is 5.42. The third kappa shape index (κ3) is 2.57. The lowest BCUT2D eigenvalue weighted by molar-refractivity contribution is -0.385. The van der Waals surface area contributed by atoms with Gasteiger partial charge in [-0.3, -0.25) is 19.6 Å². The van der Waals surface area contributed by atoms with Gasteiger partial charge in [0.05, 0.1) is 11.1 Å². The van der Waals surface area contributed by atoms with E-state index >= 15 is 0 Å². The van der Waals surface area contributed by atoms with Crippen LogP contribution in [0.3, 0.4) is 0 Å². The van der Waals surface area contributed by atoms with Crippen molar-refractivity contribution in [2.45, 2.75) is 6.92 Å². The van der Waals surface area contributed by atoms with Crippen molar-refractivity contribution in [2.75, 3.05) is 5.32 Å². The van der Waals surface area contributed by atoms with E-state index in [0.29, 0.717) is 5.56 Å². The number of carbonyl (C=O) groups is 1. The van der Waals surface area contributed by atoms with Gasteiger partial charge in [-0.25, -0.2) is 0 Å². The number of aromatic nitrogens is 2. The first kappa shape index (κ1) is 14.2. The molecule has 1 amide bonds. The number of nitriles is 1. The van der Waals surface area contributed by atoms with Gasteiger partial charge in [-0.15, -0.1) is 0 Å². The Bertz CT molecular complexity index is 773. The lowest BCUT2D eigenvalue weighted by Crippen LogP contribution is -2.17. The van der Waals surface area contributed by atoms with Gasteiger partial charge in [-0.1, -0.05) is 12.1 Å². The molecule has 0 aliphatic carbocycles. The van der Waals surface area contributed by atoms with Crippen LogP contribution in [0.15, 0.2) is 24.4 Å². The van der Waals surface area contributed by atoms with E-state index in [1.165, 1.54) is 16.9 Å². The first-order valence-corrected chi connectivity index (χ1v) is 5.93. The standard InChI is InChI=1S/C13H11N5O3/c1-8-4-3-5-10(11(8)18(20)21)13(19)16-12-9(6-14)7-15-17(12)2/h3-5,7H,1-2H3,(H,16,19). The predicted octanol–water partition coefficient (Wildman–Crippen LogP) is 1.76. The second-order valence-corrected chi connectivity index (χ2v) is 4.32. The number of carbonyl (C=O) groups excluding carboxylic acids is 1. The van der Waals surface area contributed by atoms with Gasteiger partial charge >= 0.3 is 0 Å². The number of anilines is 1. The predicted molar refractivity (Wildman–Crippen MR) is 73.7 cm³/mol. The van der Waals surface area contributed by atoms with Gasteiger partial charge in [0.2, 0.25) is 0 Å². The van der Waals surface area contributed by atoms with E-state index in [9.17, 15) is 14.9 Å². The average Bonchev–Trinajstić information content (AvgIpc) is 2.78. The quantitative estimate of drug-likeness (QED) is 0.681. The van der Waals surface area contributed by atoms with Crippen LogP contribution < -0.4 is 5.32 Å². The maximum atomic E-state index is 12.2. The molecule has 0 bridgehead atoms. The van der Waals surface area contributed by atoms with Gasteiger partial charge in [0.25, 0.3) is 11.6 Å². The molecule has 0 aliphatic rings. The van der Waals surface area contributed by atoms with Crippen LogP contribution in [0.25, 0.3) is 0 Å². The van der Waals surface area contributed by atoms with Crippen molar-refractivity contribution in [3.8, 4) is 6.07 Å². The fourth-order valence-corrected chi connectivity index (χ4v) is 1.93. The minimum absolute atomic E-state index is 0.0647. The van der Waals surface area contributed by atoms with Gasteiger partial charge in [0, 0.05) is 12.6 Å². The Labute approximate surface area is 119 Å². The molecule has 1 heterocycles. The lowest BCUT2D eigenvalue weighted by Gasteiger charge is -2.07. The maximum Gasteiger partial charge on any atom is 0.285 e. The third-order valence-electron chi connectivity index (χ3n) is 2.96. The molecule has 8 nitrogen and oxygen atoms in total. The molecule has 106 valence electrons. The molecule has 2 rings (SSSR count). The average molecular weight is 285 g/mol. The smallest absolute Gasteiger partial charge is 0.285 e. The van der Waals surface area contributed by atoms with E-state index in [4.69, 9.17) is 5.26 Å². The fraction of sp³-hybridized carbons (Fsp3) is 0.154. The van der Waals surface area contributed by atoms with Crippen molar-refractivity contribution < 1.29 is 9.72 Å². The maximum absolute atomic E-state index is 12.2. The Morgan fingerprint density at radius 2 is 2.24 bits per heavy atom. The van der Waals surface area contributed by atoms with Crippen molar-refractivity contribution in [1.82, 2.24) is 9.78 Å². The first-order valence-electron chi connectivity index (χ1n) is 5.93. The van der Waals surface area contributed by atoms with Gasteiger partial charge in [-0.05, 0) is 13.0 Å². The zero-order valence-corrected chi connectivity index (χ0v) is 11.3. The molecule has 0 aliphatic heterocycles. The van der Waals surface area contributed by atoms with Crippen molar-refractivity contribution in [1.29, 1.82) is 5.26 Å². The monoisotopic (exact) mass is 285 g/mol. The number of hydrogen-bond acceptors (Lipinski definition) is 5. The minimum atomic E-state index is -0.662. The fourth-order valence-electron chi connectivity index (χ4n) is 1.93. The number of nitrogens with zero attached hydrogens (tertiary/aromatic N) is 4. The lowest BCUT2D eigenvalue weighted by atomic mass is 10.1. The number of nitro benzene ring substituents is 1. The molecule has 0 unspecified atom stereocenters. The van der Waals surface area contributed by atoms with Gasteiger partial charge in [-0.2, -0.15) is 10.4 Å². The van der Waals surface area contributed by atoms with Crippen molar-refractivity contribution >= 4 is 17.4 Å². The topological polar surface area (TPSA) is 114 Å². The summed E-state index contributed by atoms with van der Waals surface area (Å²) in [5, 5.41) is 26.4. The first-order chi connectivity index (χ1) is 9.95. The number of benzene rings is 1. The highest BCUT2D eigenvalue weighted by atomic mass is 16.6. The Morgan fingerprint density at radius 3 is 2.86 bits per heavy atom. The summed E-state index contributed by atoms with van der Waals surface area (Å²) in [6.07, 6.45) is 1.31. The SMILES string of the molecule is Cc1cccc(C(=O)Nc2c(C#N)cnn2C)c1[N+](=O)[O-]. The zero-order chi connectivity index (χ0) is 15.6. The molecule has 2 aromatic rings. The largest absolute Gasteiger partial charge is 0.305 e. The van der Waals surface area contributed by atoms with Crippen LogP contribution >= 0.6 is 0 Å². The Kier molecular flexibility index (Phi) is 3.67. The van der Waals surface area contributed by atoms with E-state index in [1.807, 2.05) is 6.07 Å². The molecule has 1 aromatic carbocycles. The van der Waals surface area contributed by atoms with E-state index in [1.54, 1.807) is 26.1 Å². The molecule has 8 heteroatoms. The van der Waals surface area contributed by atoms with Gasteiger partial charge in [0.1, 0.15) is 23.0 Å². The van der Waals surface area contributed by atoms with Crippen LogP contribution in [0.4, 0.5) is 11.5 Å². The summed E-state index contributed by atoms with van der Waals surface area (Å²) in [6, 6.07) is 6.37. The van der Waals surface area contributed by atoms with Crippen LogP contribution in [0, 0.1) is 28.4 Å². The summed E-state index contributed by atoms with van der Waals surface area (Å²) in [7, 11) is 1.56. The minimum Gasteiger partial charge on any atom is -0.305 e. The van der Waals surface area contributed by atoms with Crippen molar-refractivity contribution in [2.24, 2.45) is 7.05 Å². The van der Waals surface area contributed by atoms with Crippen LogP contribution in [0.5, 0.6) is 0 Å². The summed E-state index contributed by atoms with van der Waals surface area (Å²) < 4.78 is 1.32. The van der Waals surface area contributed by atoms with Gasteiger partial charge < -0.3 is 5.32 Å². The number of para-hydroxylation sites is 1. The molecule has 1 N–H and O–H groups in total. The highest BCUT2D eigenvalue weighted by Gasteiger charge is 2.23. The van der Waals surface area contributed by atoms with Crippen LogP contribution in [-0.4, -0.2) is 20.6 Å². The summed E-state index contributed by atoms with van der Waals surface area (Å²) >= 11 is 0. The van der Waals surface area contributed by atoms with Gasteiger partial charge in [0.15, 0.2) is 0 Å². The molecule has 1 aromatic heterocycles. The number of hydrogen-bond donors (Lipinski definition) is 1. The molecule has 0 fully saturated rings. The normalized spacial score (nSPS) is 9.95. The van der Waals surface area contributed by atoms with Crippen LogP contribution in [0.2, 0.25) is 0 Å².